The highest BCUT2D eigenvalue weighted by atomic mass is 15.1. The molecular formula is C16H24N2. The van der Waals surface area contributed by atoms with E-state index in [1.54, 1.807) is 0 Å². The lowest BCUT2D eigenvalue weighted by Gasteiger charge is -2.35. The minimum atomic E-state index is 0.121. The molecule has 0 spiro atoms. The zero-order chi connectivity index (χ0) is 12.4. The molecule has 2 N–H and O–H groups in total. The summed E-state index contributed by atoms with van der Waals surface area (Å²) in [5, 5.41) is 0. The van der Waals surface area contributed by atoms with Crippen molar-refractivity contribution in [2.75, 3.05) is 18.0 Å². The fraction of sp³-hybridized carbons (Fsp3) is 0.625. The maximum Gasteiger partial charge on any atom is 0.0399 e. The second kappa shape index (κ2) is 4.93. The van der Waals surface area contributed by atoms with Crippen LogP contribution in [0.1, 0.15) is 44.1 Å². The van der Waals surface area contributed by atoms with Gasteiger partial charge in [0, 0.05) is 24.3 Å². The molecule has 1 aliphatic carbocycles. The zero-order valence-electron chi connectivity index (χ0n) is 11.2. The fourth-order valence-corrected chi connectivity index (χ4v) is 3.50. The van der Waals surface area contributed by atoms with Crippen LogP contribution in [-0.4, -0.2) is 18.6 Å². The highest BCUT2D eigenvalue weighted by Gasteiger charge is 2.28. The maximum atomic E-state index is 6.53. The third kappa shape index (κ3) is 2.39. The molecule has 2 aliphatic rings. The first-order valence-electron chi connectivity index (χ1n) is 7.39. The van der Waals surface area contributed by atoms with Crippen molar-refractivity contribution in [2.24, 2.45) is 5.73 Å². The third-order valence-corrected chi connectivity index (χ3v) is 4.71. The van der Waals surface area contributed by atoms with Gasteiger partial charge >= 0.3 is 0 Å². The summed E-state index contributed by atoms with van der Waals surface area (Å²) in [6, 6.07) is 8.81. The van der Waals surface area contributed by atoms with Crippen molar-refractivity contribution >= 4 is 5.69 Å². The molecule has 0 amide bonds. The second-order valence-electron chi connectivity index (χ2n) is 6.04. The van der Waals surface area contributed by atoms with E-state index in [1.165, 1.54) is 56.3 Å². The largest absolute Gasteiger partial charge is 0.371 e. The van der Waals surface area contributed by atoms with Gasteiger partial charge in [0.2, 0.25) is 0 Å². The van der Waals surface area contributed by atoms with Crippen molar-refractivity contribution in [1.82, 2.24) is 0 Å². The van der Waals surface area contributed by atoms with Crippen LogP contribution in [0.2, 0.25) is 0 Å². The first kappa shape index (κ1) is 12.0. The summed E-state index contributed by atoms with van der Waals surface area (Å²) >= 11 is 0. The van der Waals surface area contributed by atoms with Gasteiger partial charge in [-0.25, -0.2) is 0 Å². The van der Waals surface area contributed by atoms with Crippen molar-refractivity contribution < 1.29 is 0 Å². The predicted molar refractivity (Wildman–Crippen MR) is 77.0 cm³/mol. The summed E-state index contributed by atoms with van der Waals surface area (Å²) in [6.07, 6.45) is 8.84. The molecule has 1 saturated carbocycles. The molecule has 0 saturated heterocycles. The van der Waals surface area contributed by atoms with E-state index >= 15 is 0 Å². The molecule has 1 heterocycles. The molecule has 3 rings (SSSR count). The molecule has 18 heavy (non-hydrogen) atoms. The number of nitrogens with zero attached hydrogens (tertiary/aromatic N) is 1. The van der Waals surface area contributed by atoms with E-state index in [9.17, 15) is 0 Å². The lowest BCUT2D eigenvalue weighted by atomic mass is 9.80. The summed E-state index contributed by atoms with van der Waals surface area (Å²) < 4.78 is 0. The number of rotatable bonds is 3. The molecule has 1 aromatic carbocycles. The topological polar surface area (TPSA) is 29.3 Å². The molecule has 0 aromatic heterocycles. The van der Waals surface area contributed by atoms with Crippen molar-refractivity contribution in [1.29, 1.82) is 0 Å². The van der Waals surface area contributed by atoms with Crippen LogP contribution in [0, 0.1) is 0 Å². The molecule has 0 unspecified atom stereocenters. The molecule has 0 atom stereocenters. The Balaban J connectivity index is 1.61. The Hall–Kier alpha value is -1.02. The van der Waals surface area contributed by atoms with Gasteiger partial charge in [-0.1, -0.05) is 37.5 Å². The number of benzene rings is 1. The van der Waals surface area contributed by atoms with Gasteiger partial charge in [-0.2, -0.15) is 0 Å². The third-order valence-electron chi connectivity index (χ3n) is 4.71. The van der Waals surface area contributed by atoms with Crippen molar-refractivity contribution in [3.8, 4) is 0 Å². The molecule has 1 aliphatic heterocycles. The Morgan fingerprint density at radius 1 is 1.11 bits per heavy atom. The molecule has 2 heteroatoms. The van der Waals surface area contributed by atoms with Crippen LogP contribution in [0.3, 0.4) is 0 Å². The van der Waals surface area contributed by atoms with E-state index in [-0.39, 0.29) is 5.54 Å². The molecule has 1 aromatic rings. The second-order valence-corrected chi connectivity index (χ2v) is 6.04. The van der Waals surface area contributed by atoms with Gasteiger partial charge in [0.25, 0.3) is 0 Å². The SMILES string of the molecule is NC1(CCN2CCc3ccccc32)CCCCC1. The van der Waals surface area contributed by atoms with Crippen LogP contribution in [0.4, 0.5) is 5.69 Å². The van der Waals surface area contributed by atoms with Gasteiger partial charge in [-0.15, -0.1) is 0 Å². The number of para-hydroxylation sites is 1. The fourth-order valence-electron chi connectivity index (χ4n) is 3.50. The highest BCUT2D eigenvalue weighted by molar-refractivity contribution is 5.57. The van der Waals surface area contributed by atoms with Gasteiger partial charge in [0.1, 0.15) is 0 Å². The predicted octanol–water partition coefficient (Wildman–Crippen LogP) is 3.10. The van der Waals surface area contributed by atoms with Crippen molar-refractivity contribution in [2.45, 2.75) is 50.5 Å². The summed E-state index contributed by atoms with van der Waals surface area (Å²) in [4.78, 5) is 2.53. The normalized spacial score (nSPS) is 21.9. The van der Waals surface area contributed by atoms with Crippen molar-refractivity contribution in [3.63, 3.8) is 0 Å². The van der Waals surface area contributed by atoms with Gasteiger partial charge in [-0.3, -0.25) is 0 Å². The smallest absolute Gasteiger partial charge is 0.0399 e. The van der Waals surface area contributed by atoms with E-state index < -0.39 is 0 Å². The zero-order valence-corrected chi connectivity index (χ0v) is 11.2. The van der Waals surface area contributed by atoms with E-state index in [1.807, 2.05) is 0 Å². The minimum Gasteiger partial charge on any atom is -0.371 e. The van der Waals surface area contributed by atoms with Crippen LogP contribution < -0.4 is 10.6 Å². The Labute approximate surface area is 110 Å². The van der Waals surface area contributed by atoms with Crippen LogP contribution in [0.25, 0.3) is 0 Å². The van der Waals surface area contributed by atoms with Crippen LogP contribution in [-0.2, 0) is 6.42 Å². The quantitative estimate of drug-likeness (QED) is 0.885. The molecule has 0 radical (unpaired) electrons. The van der Waals surface area contributed by atoms with Gasteiger partial charge in [-0.05, 0) is 37.3 Å². The Kier molecular flexibility index (Phi) is 3.29. The van der Waals surface area contributed by atoms with Gasteiger partial charge in [0.05, 0.1) is 0 Å². The number of hydrogen-bond acceptors (Lipinski definition) is 2. The Morgan fingerprint density at radius 2 is 1.89 bits per heavy atom. The molecule has 98 valence electrons. The average Bonchev–Trinajstić information content (AvgIpc) is 2.81. The first-order chi connectivity index (χ1) is 8.77. The molecule has 0 bridgehead atoms. The molecular weight excluding hydrogens is 220 g/mol. The highest BCUT2D eigenvalue weighted by Crippen LogP contribution is 2.32. The summed E-state index contributed by atoms with van der Waals surface area (Å²) in [6.45, 7) is 2.31. The first-order valence-corrected chi connectivity index (χ1v) is 7.39. The van der Waals surface area contributed by atoms with E-state index in [0.29, 0.717) is 0 Å². The van der Waals surface area contributed by atoms with Gasteiger partial charge in [0.15, 0.2) is 0 Å². The average molecular weight is 244 g/mol. The number of fused-ring (bicyclic) bond motifs is 1. The Bertz CT molecular complexity index is 407. The standard InChI is InChI=1S/C16H24N2/c17-16(9-4-1-5-10-16)11-13-18-12-8-14-6-2-3-7-15(14)18/h2-3,6-7H,1,4-5,8-13,17H2. The Morgan fingerprint density at radius 3 is 2.72 bits per heavy atom. The van der Waals surface area contributed by atoms with E-state index in [2.05, 4.69) is 29.2 Å². The summed E-state index contributed by atoms with van der Waals surface area (Å²) in [7, 11) is 0. The minimum absolute atomic E-state index is 0.121. The summed E-state index contributed by atoms with van der Waals surface area (Å²) in [5.74, 6) is 0. The lowest BCUT2D eigenvalue weighted by Crippen LogP contribution is -2.44. The lowest BCUT2D eigenvalue weighted by molar-refractivity contribution is 0.280. The van der Waals surface area contributed by atoms with Gasteiger partial charge < -0.3 is 10.6 Å². The van der Waals surface area contributed by atoms with Crippen LogP contribution in [0.5, 0.6) is 0 Å². The monoisotopic (exact) mass is 244 g/mol. The van der Waals surface area contributed by atoms with E-state index in [0.717, 1.165) is 13.0 Å². The number of anilines is 1. The number of hydrogen-bond donors (Lipinski definition) is 1. The maximum absolute atomic E-state index is 6.53. The molecule has 1 fully saturated rings. The van der Waals surface area contributed by atoms with Crippen LogP contribution in [0.15, 0.2) is 24.3 Å². The van der Waals surface area contributed by atoms with Crippen LogP contribution >= 0.6 is 0 Å². The molecule has 2 nitrogen and oxygen atoms in total. The van der Waals surface area contributed by atoms with E-state index in [4.69, 9.17) is 5.73 Å². The number of nitrogens with two attached hydrogens (primary N) is 1. The summed E-state index contributed by atoms with van der Waals surface area (Å²) in [5.41, 5.74) is 9.60. The van der Waals surface area contributed by atoms with Crippen molar-refractivity contribution in [3.05, 3.63) is 29.8 Å².